The molecule has 6 heteroatoms. The Morgan fingerprint density at radius 3 is 2.50 bits per heavy atom. The summed E-state index contributed by atoms with van der Waals surface area (Å²) in [7, 11) is 1.64. The average Bonchev–Trinajstić information content (AvgIpc) is 2.59. The molecular formula is C18H18BrNO4. The van der Waals surface area contributed by atoms with Crippen molar-refractivity contribution in [3.63, 3.8) is 0 Å². The second kappa shape index (κ2) is 8.49. The van der Waals surface area contributed by atoms with Crippen molar-refractivity contribution in [3.8, 4) is 5.75 Å². The summed E-state index contributed by atoms with van der Waals surface area (Å²) in [6.07, 6.45) is -0.895. The van der Waals surface area contributed by atoms with E-state index in [2.05, 4.69) is 15.9 Å². The second-order valence-corrected chi connectivity index (χ2v) is 6.03. The molecule has 126 valence electrons. The van der Waals surface area contributed by atoms with Crippen LogP contribution in [0.2, 0.25) is 0 Å². The number of ether oxygens (including phenoxy) is 2. The van der Waals surface area contributed by atoms with Crippen molar-refractivity contribution in [1.29, 1.82) is 0 Å². The van der Waals surface area contributed by atoms with Crippen LogP contribution in [0.15, 0.2) is 59.1 Å². The lowest BCUT2D eigenvalue weighted by Crippen LogP contribution is -2.38. The molecule has 0 aliphatic carbocycles. The molecule has 0 saturated carbocycles. The summed E-state index contributed by atoms with van der Waals surface area (Å²) in [4.78, 5) is 25.6. The number of rotatable bonds is 6. The molecule has 0 saturated heterocycles. The van der Waals surface area contributed by atoms with Gasteiger partial charge in [-0.1, -0.05) is 40.2 Å². The lowest BCUT2D eigenvalue weighted by molar-refractivity contribution is -0.155. The zero-order valence-corrected chi connectivity index (χ0v) is 15.0. The molecule has 0 radical (unpaired) electrons. The van der Waals surface area contributed by atoms with Crippen molar-refractivity contribution in [2.45, 2.75) is 13.0 Å². The van der Waals surface area contributed by atoms with Crippen molar-refractivity contribution in [2.75, 3.05) is 18.6 Å². The van der Waals surface area contributed by atoms with E-state index in [1.807, 2.05) is 36.4 Å². The summed E-state index contributed by atoms with van der Waals surface area (Å²) in [6, 6.07) is 16.3. The number of halogens is 1. The van der Waals surface area contributed by atoms with E-state index in [1.165, 1.54) is 4.90 Å². The van der Waals surface area contributed by atoms with Crippen molar-refractivity contribution < 1.29 is 19.1 Å². The highest BCUT2D eigenvalue weighted by atomic mass is 79.9. The number of likely N-dealkylation sites (N-methyl/N-ethyl adjacent to an activating group) is 1. The molecule has 0 aliphatic heterocycles. The molecule has 0 aromatic heterocycles. The summed E-state index contributed by atoms with van der Waals surface area (Å²) in [5.74, 6) is -0.365. The lowest BCUT2D eigenvalue weighted by atomic mass is 10.2. The highest BCUT2D eigenvalue weighted by Gasteiger charge is 2.22. The summed E-state index contributed by atoms with van der Waals surface area (Å²) < 4.78 is 11.3. The van der Waals surface area contributed by atoms with Crippen LogP contribution in [0.4, 0.5) is 5.69 Å². The van der Waals surface area contributed by atoms with E-state index >= 15 is 0 Å². The molecule has 0 heterocycles. The highest BCUT2D eigenvalue weighted by Crippen LogP contribution is 2.18. The monoisotopic (exact) mass is 391 g/mol. The van der Waals surface area contributed by atoms with Gasteiger partial charge in [0.15, 0.2) is 12.7 Å². The first-order valence-electron chi connectivity index (χ1n) is 7.38. The van der Waals surface area contributed by atoms with E-state index in [1.54, 1.807) is 32.2 Å². The summed E-state index contributed by atoms with van der Waals surface area (Å²) in [6.45, 7) is 1.28. The maximum atomic E-state index is 12.3. The Kier molecular flexibility index (Phi) is 6.37. The van der Waals surface area contributed by atoms with Gasteiger partial charge in [0.05, 0.1) is 0 Å². The molecule has 2 aromatic carbocycles. The SMILES string of the molecule is C[C@H](OC(=O)COc1cccc(Br)c1)C(=O)N(C)c1ccccc1. The van der Waals surface area contributed by atoms with E-state index in [4.69, 9.17) is 9.47 Å². The number of hydrogen-bond donors (Lipinski definition) is 0. The summed E-state index contributed by atoms with van der Waals surface area (Å²) >= 11 is 3.32. The molecule has 2 rings (SSSR count). The molecule has 0 aliphatic rings. The third-order valence-corrected chi connectivity index (χ3v) is 3.78. The van der Waals surface area contributed by atoms with E-state index in [9.17, 15) is 9.59 Å². The van der Waals surface area contributed by atoms with Crippen molar-refractivity contribution in [2.24, 2.45) is 0 Å². The van der Waals surface area contributed by atoms with Crippen LogP contribution in [0, 0.1) is 0 Å². The fraction of sp³-hybridized carbons (Fsp3) is 0.222. The fourth-order valence-corrected chi connectivity index (χ4v) is 2.41. The number of benzene rings is 2. The van der Waals surface area contributed by atoms with Gasteiger partial charge in [0.1, 0.15) is 5.75 Å². The molecule has 2 aromatic rings. The quantitative estimate of drug-likeness (QED) is 0.707. The van der Waals surface area contributed by atoms with Gasteiger partial charge in [0, 0.05) is 17.2 Å². The first-order chi connectivity index (χ1) is 11.5. The Bertz CT molecular complexity index is 705. The van der Waals surface area contributed by atoms with Crippen LogP contribution in [-0.4, -0.2) is 31.6 Å². The number of anilines is 1. The standard InChI is InChI=1S/C18H18BrNO4/c1-13(18(22)20(2)15-8-4-3-5-9-15)24-17(21)12-23-16-10-6-7-14(19)11-16/h3-11,13H,12H2,1-2H3/t13-/m0/s1. The number of carbonyl (C=O) groups excluding carboxylic acids is 2. The predicted octanol–water partition coefficient (Wildman–Crippen LogP) is 3.42. The Labute approximate surface area is 149 Å². The predicted molar refractivity (Wildman–Crippen MR) is 95.0 cm³/mol. The van der Waals surface area contributed by atoms with Crippen molar-refractivity contribution in [3.05, 3.63) is 59.1 Å². The summed E-state index contributed by atoms with van der Waals surface area (Å²) in [5, 5.41) is 0. The number of amides is 1. The maximum Gasteiger partial charge on any atom is 0.344 e. The minimum absolute atomic E-state index is 0.261. The molecule has 0 N–H and O–H groups in total. The molecule has 0 spiro atoms. The van der Waals surface area contributed by atoms with E-state index in [0.29, 0.717) is 5.75 Å². The fourth-order valence-electron chi connectivity index (χ4n) is 2.03. The third-order valence-electron chi connectivity index (χ3n) is 3.28. The first-order valence-corrected chi connectivity index (χ1v) is 8.17. The highest BCUT2D eigenvalue weighted by molar-refractivity contribution is 9.10. The Morgan fingerprint density at radius 2 is 1.83 bits per heavy atom. The van der Waals surface area contributed by atoms with Gasteiger partial charge >= 0.3 is 5.97 Å². The number of esters is 1. The van der Waals surface area contributed by atoms with E-state index in [-0.39, 0.29) is 12.5 Å². The topological polar surface area (TPSA) is 55.8 Å². The van der Waals surface area contributed by atoms with Gasteiger partial charge in [-0.2, -0.15) is 0 Å². The van der Waals surface area contributed by atoms with Crippen LogP contribution in [0.5, 0.6) is 5.75 Å². The minimum Gasteiger partial charge on any atom is -0.482 e. The normalized spacial score (nSPS) is 11.5. The molecule has 0 bridgehead atoms. The smallest absolute Gasteiger partial charge is 0.344 e. The molecule has 5 nitrogen and oxygen atoms in total. The number of carbonyl (C=O) groups is 2. The molecule has 0 unspecified atom stereocenters. The number of hydrogen-bond acceptors (Lipinski definition) is 4. The number of para-hydroxylation sites is 1. The second-order valence-electron chi connectivity index (χ2n) is 5.11. The largest absolute Gasteiger partial charge is 0.482 e. The van der Waals surface area contributed by atoms with E-state index < -0.39 is 12.1 Å². The Morgan fingerprint density at radius 1 is 1.12 bits per heavy atom. The zero-order chi connectivity index (χ0) is 17.5. The molecular weight excluding hydrogens is 374 g/mol. The van der Waals surface area contributed by atoms with Gasteiger partial charge in [0.25, 0.3) is 5.91 Å². The first kappa shape index (κ1) is 18.0. The zero-order valence-electron chi connectivity index (χ0n) is 13.4. The maximum absolute atomic E-state index is 12.3. The van der Waals surface area contributed by atoms with Crippen LogP contribution in [0.25, 0.3) is 0 Å². The van der Waals surface area contributed by atoms with Gasteiger partial charge in [-0.3, -0.25) is 4.79 Å². The van der Waals surface area contributed by atoms with Crippen LogP contribution < -0.4 is 9.64 Å². The van der Waals surface area contributed by atoms with Crippen LogP contribution in [0.1, 0.15) is 6.92 Å². The minimum atomic E-state index is -0.895. The van der Waals surface area contributed by atoms with Gasteiger partial charge < -0.3 is 14.4 Å². The van der Waals surface area contributed by atoms with Crippen LogP contribution in [0.3, 0.4) is 0 Å². The van der Waals surface area contributed by atoms with Crippen molar-refractivity contribution >= 4 is 33.5 Å². The summed E-state index contributed by atoms with van der Waals surface area (Å²) in [5.41, 5.74) is 0.732. The average molecular weight is 392 g/mol. The Balaban J connectivity index is 1.85. The lowest BCUT2D eigenvalue weighted by Gasteiger charge is -2.21. The molecule has 24 heavy (non-hydrogen) atoms. The van der Waals surface area contributed by atoms with Crippen molar-refractivity contribution in [1.82, 2.24) is 0 Å². The van der Waals surface area contributed by atoms with Crippen LogP contribution in [-0.2, 0) is 14.3 Å². The number of nitrogens with zero attached hydrogens (tertiary/aromatic N) is 1. The van der Waals surface area contributed by atoms with Gasteiger partial charge in [0.2, 0.25) is 0 Å². The molecule has 0 fully saturated rings. The van der Waals surface area contributed by atoms with Crippen LogP contribution >= 0.6 is 15.9 Å². The van der Waals surface area contributed by atoms with Gasteiger partial charge in [-0.05, 0) is 37.3 Å². The Hall–Kier alpha value is -2.34. The third kappa shape index (κ3) is 5.09. The van der Waals surface area contributed by atoms with Gasteiger partial charge in [-0.15, -0.1) is 0 Å². The van der Waals surface area contributed by atoms with E-state index in [0.717, 1.165) is 10.2 Å². The molecule has 1 amide bonds. The van der Waals surface area contributed by atoms with Gasteiger partial charge in [-0.25, -0.2) is 4.79 Å². The molecule has 1 atom stereocenters.